The van der Waals surface area contributed by atoms with Crippen molar-refractivity contribution < 1.29 is 0 Å². The molecule has 0 saturated heterocycles. The molecule has 76 valence electrons. The normalized spacial score (nSPS) is 18.1. The van der Waals surface area contributed by atoms with Gasteiger partial charge in [0.05, 0.1) is 0 Å². The van der Waals surface area contributed by atoms with Crippen LogP contribution in [0.25, 0.3) is 0 Å². The Hall–Kier alpha value is -1.02. The molecule has 0 aliphatic heterocycles. The predicted octanol–water partition coefficient (Wildman–Crippen LogP) is 2.22. The maximum atomic E-state index is 5.85. The summed E-state index contributed by atoms with van der Waals surface area (Å²) in [5.74, 6) is 0. The highest BCUT2D eigenvalue weighted by Crippen LogP contribution is 2.34. The molecule has 1 saturated carbocycles. The van der Waals surface area contributed by atoms with E-state index >= 15 is 0 Å². The van der Waals surface area contributed by atoms with Gasteiger partial charge in [0.1, 0.15) is 0 Å². The third-order valence-corrected chi connectivity index (χ3v) is 3.19. The minimum atomic E-state index is 0.400. The fourth-order valence-electron chi connectivity index (χ4n) is 1.57. The minimum absolute atomic E-state index is 0.400. The number of nitrogens with two attached hydrogens (primary N) is 1. The average Bonchev–Trinajstić information content (AvgIpc) is 2.88. The van der Waals surface area contributed by atoms with Gasteiger partial charge in [-0.25, -0.2) is 0 Å². The second-order valence-electron chi connectivity index (χ2n) is 4.55. The van der Waals surface area contributed by atoms with E-state index in [4.69, 9.17) is 5.73 Å². The fraction of sp³-hybridized carbons (Fsp3) is 0.500. The van der Waals surface area contributed by atoms with Crippen LogP contribution in [0.3, 0.4) is 0 Å². The van der Waals surface area contributed by atoms with E-state index in [2.05, 4.69) is 25.2 Å². The lowest BCUT2D eigenvalue weighted by atomic mass is 10.1. The molecule has 2 nitrogen and oxygen atoms in total. The lowest BCUT2D eigenvalue weighted by molar-refractivity contribution is 0.537. The number of benzene rings is 1. The predicted molar refractivity (Wildman–Crippen MR) is 60.1 cm³/mol. The molecular formula is C12H18N2. The van der Waals surface area contributed by atoms with Gasteiger partial charge in [-0.3, -0.25) is 0 Å². The summed E-state index contributed by atoms with van der Waals surface area (Å²) >= 11 is 0. The lowest BCUT2D eigenvalue weighted by Crippen LogP contribution is -2.27. The van der Waals surface area contributed by atoms with Crippen molar-refractivity contribution in [2.45, 2.75) is 38.8 Å². The summed E-state index contributed by atoms with van der Waals surface area (Å²) < 4.78 is 0. The van der Waals surface area contributed by atoms with Crippen LogP contribution in [0.15, 0.2) is 18.2 Å². The third kappa shape index (κ3) is 1.90. The molecule has 2 heteroatoms. The number of rotatable bonds is 3. The monoisotopic (exact) mass is 190 g/mol. The van der Waals surface area contributed by atoms with Gasteiger partial charge in [-0.2, -0.15) is 0 Å². The zero-order valence-electron chi connectivity index (χ0n) is 8.93. The Bertz CT molecular complexity index is 340. The molecule has 0 aromatic heterocycles. The van der Waals surface area contributed by atoms with Crippen LogP contribution in [-0.4, -0.2) is 5.54 Å². The van der Waals surface area contributed by atoms with Crippen molar-refractivity contribution >= 4 is 5.69 Å². The Balaban J connectivity index is 2.05. The fourth-order valence-corrected chi connectivity index (χ4v) is 1.57. The zero-order valence-corrected chi connectivity index (χ0v) is 8.93. The summed E-state index contributed by atoms with van der Waals surface area (Å²) in [6.45, 7) is 5.30. The topological polar surface area (TPSA) is 38.0 Å². The standard InChI is InChI=1S/C12H18N2/c1-9-10(4-3-5-11(9)13)8-14-12(2)6-7-12/h3-5,14H,6-8,13H2,1-2H3. The molecule has 0 atom stereocenters. The van der Waals surface area contributed by atoms with Crippen LogP contribution in [-0.2, 0) is 6.54 Å². The number of anilines is 1. The summed E-state index contributed by atoms with van der Waals surface area (Å²) in [6.07, 6.45) is 2.60. The molecule has 3 N–H and O–H groups in total. The highest BCUT2D eigenvalue weighted by atomic mass is 15.0. The smallest absolute Gasteiger partial charge is 0.0346 e. The molecule has 0 bridgehead atoms. The first-order valence-corrected chi connectivity index (χ1v) is 5.20. The van der Waals surface area contributed by atoms with E-state index in [1.807, 2.05) is 12.1 Å². The maximum absolute atomic E-state index is 5.85. The summed E-state index contributed by atoms with van der Waals surface area (Å²) in [6, 6.07) is 6.12. The van der Waals surface area contributed by atoms with E-state index in [9.17, 15) is 0 Å². The van der Waals surface area contributed by atoms with Gasteiger partial charge in [0, 0.05) is 17.8 Å². The van der Waals surface area contributed by atoms with Crippen molar-refractivity contribution in [1.82, 2.24) is 5.32 Å². The van der Waals surface area contributed by atoms with Crippen LogP contribution < -0.4 is 11.1 Å². The molecule has 0 amide bonds. The van der Waals surface area contributed by atoms with Crippen molar-refractivity contribution in [3.8, 4) is 0 Å². The van der Waals surface area contributed by atoms with Crippen molar-refractivity contribution in [3.63, 3.8) is 0 Å². The van der Waals surface area contributed by atoms with Crippen LogP contribution in [0.1, 0.15) is 30.9 Å². The van der Waals surface area contributed by atoms with Crippen LogP contribution in [0, 0.1) is 6.92 Å². The van der Waals surface area contributed by atoms with E-state index < -0.39 is 0 Å². The molecule has 0 unspecified atom stereocenters. The summed E-state index contributed by atoms with van der Waals surface area (Å²) in [7, 11) is 0. The number of hydrogen-bond acceptors (Lipinski definition) is 2. The Morgan fingerprint density at radius 3 is 2.79 bits per heavy atom. The minimum Gasteiger partial charge on any atom is -0.399 e. The molecule has 1 aliphatic rings. The van der Waals surface area contributed by atoms with Gasteiger partial charge >= 0.3 is 0 Å². The second kappa shape index (κ2) is 3.28. The molecule has 0 radical (unpaired) electrons. The molecule has 2 rings (SSSR count). The van der Waals surface area contributed by atoms with Crippen LogP contribution in [0.5, 0.6) is 0 Å². The Morgan fingerprint density at radius 1 is 1.43 bits per heavy atom. The third-order valence-electron chi connectivity index (χ3n) is 3.19. The van der Waals surface area contributed by atoms with Gasteiger partial charge in [-0.05, 0) is 43.9 Å². The van der Waals surface area contributed by atoms with Crippen molar-refractivity contribution in [2.24, 2.45) is 0 Å². The number of nitrogens with one attached hydrogen (secondary N) is 1. The SMILES string of the molecule is Cc1c(N)cccc1CNC1(C)CC1. The van der Waals surface area contributed by atoms with Gasteiger partial charge in [-0.1, -0.05) is 12.1 Å². The van der Waals surface area contributed by atoms with Crippen molar-refractivity contribution in [2.75, 3.05) is 5.73 Å². The number of hydrogen-bond donors (Lipinski definition) is 2. The highest BCUT2D eigenvalue weighted by Gasteiger charge is 2.36. The average molecular weight is 190 g/mol. The molecule has 1 aromatic carbocycles. The lowest BCUT2D eigenvalue weighted by Gasteiger charge is -2.13. The molecule has 1 aromatic rings. The zero-order chi connectivity index (χ0) is 10.2. The summed E-state index contributed by atoms with van der Waals surface area (Å²) in [4.78, 5) is 0. The van der Waals surface area contributed by atoms with E-state index in [-0.39, 0.29) is 0 Å². The molecule has 0 spiro atoms. The van der Waals surface area contributed by atoms with Crippen LogP contribution >= 0.6 is 0 Å². The molecular weight excluding hydrogens is 172 g/mol. The van der Waals surface area contributed by atoms with Gasteiger partial charge in [0.25, 0.3) is 0 Å². The van der Waals surface area contributed by atoms with Crippen LogP contribution in [0.2, 0.25) is 0 Å². The summed E-state index contributed by atoms with van der Waals surface area (Å²) in [5.41, 5.74) is 9.67. The molecule has 1 aliphatic carbocycles. The highest BCUT2D eigenvalue weighted by molar-refractivity contribution is 5.49. The Morgan fingerprint density at radius 2 is 2.14 bits per heavy atom. The Kier molecular flexibility index (Phi) is 2.23. The largest absolute Gasteiger partial charge is 0.399 e. The number of nitrogen functional groups attached to an aromatic ring is 1. The van der Waals surface area contributed by atoms with Gasteiger partial charge in [0.15, 0.2) is 0 Å². The van der Waals surface area contributed by atoms with Gasteiger partial charge in [0.2, 0.25) is 0 Å². The Labute approximate surface area is 85.5 Å². The quantitative estimate of drug-likeness (QED) is 0.717. The molecule has 1 fully saturated rings. The first-order chi connectivity index (χ1) is 6.61. The van der Waals surface area contributed by atoms with Gasteiger partial charge in [-0.15, -0.1) is 0 Å². The molecule has 14 heavy (non-hydrogen) atoms. The van der Waals surface area contributed by atoms with E-state index in [0.717, 1.165) is 12.2 Å². The first kappa shape index (κ1) is 9.53. The second-order valence-corrected chi connectivity index (χ2v) is 4.55. The van der Waals surface area contributed by atoms with Crippen LogP contribution in [0.4, 0.5) is 5.69 Å². The van der Waals surface area contributed by atoms with Crippen molar-refractivity contribution in [3.05, 3.63) is 29.3 Å². The van der Waals surface area contributed by atoms with E-state index in [1.54, 1.807) is 0 Å². The summed E-state index contributed by atoms with van der Waals surface area (Å²) in [5, 5.41) is 3.56. The van der Waals surface area contributed by atoms with Gasteiger partial charge < -0.3 is 11.1 Å². The first-order valence-electron chi connectivity index (χ1n) is 5.20. The van der Waals surface area contributed by atoms with E-state index in [1.165, 1.54) is 24.0 Å². The van der Waals surface area contributed by atoms with Crippen molar-refractivity contribution in [1.29, 1.82) is 0 Å². The maximum Gasteiger partial charge on any atom is 0.0346 e. The molecule has 0 heterocycles. The van der Waals surface area contributed by atoms with E-state index in [0.29, 0.717) is 5.54 Å².